The molecule has 2 aromatic heterocycles. The third-order valence-corrected chi connectivity index (χ3v) is 2.43. The summed E-state index contributed by atoms with van der Waals surface area (Å²) < 4.78 is 7.67. The number of halogens is 1. The van der Waals surface area contributed by atoms with Gasteiger partial charge in [0, 0.05) is 12.1 Å². The largest absolute Gasteiger partial charge is 1.00 e. The maximum Gasteiger partial charge on any atom is 0.262 e. The predicted molar refractivity (Wildman–Crippen MR) is 59.7 cm³/mol. The van der Waals surface area contributed by atoms with Crippen LogP contribution in [-0.4, -0.2) is 4.98 Å². The summed E-state index contributed by atoms with van der Waals surface area (Å²) in [6.45, 7) is 0.662. The molecule has 0 bridgehead atoms. The van der Waals surface area contributed by atoms with Gasteiger partial charge in [0.2, 0.25) is 6.54 Å². The number of hydrogen-bond donors (Lipinski definition) is 0. The zero-order chi connectivity index (χ0) is 10.8. The van der Waals surface area contributed by atoms with Gasteiger partial charge in [-0.2, -0.15) is 4.57 Å². The predicted octanol–water partition coefficient (Wildman–Crippen LogP) is -0.832. The van der Waals surface area contributed by atoms with E-state index in [0.29, 0.717) is 6.54 Å². The van der Waals surface area contributed by atoms with Crippen molar-refractivity contribution in [3.63, 3.8) is 0 Å². The van der Waals surface area contributed by atoms with Crippen LogP contribution in [0.1, 0.15) is 5.89 Å². The lowest BCUT2D eigenvalue weighted by atomic mass is 10.3. The van der Waals surface area contributed by atoms with E-state index in [0.717, 1.165) is 17.0 Å². The van der Waals surface area contributed by atoms with E-state index >= 15 is 0 Å². The second-order valence-corrected chi connectivity index (χ2v) is 3.62. The molecule has 3 rings (SSSR count). The van der Waals surface area contributed by atoms with Crippen molar-refractivity contribution in [2.45, 2.75) is 6.54 Å². The Morgan fingerprint density at radius 1 is 1.00 bits per heavy atom. The monoisotopic (exact) mass is 338 g/mol. The number of oxazole rings is 1. The Labute approximate surface area is 116 Å². The van der Waals surface area contributed by atoms with Crippen molar-refractivity contribution in [1.29, 1.82) is 0 Å². The summed E-state index contributed by atoms with van der Waals surface area (Å²) in [5.74, 6) is 0.734. The third-order valence-electron chi connectivity index (χ3n) is 2.43. The molecular weight excluding hydrogens is 327 g/mol. The standard InChI is InChI=1S/C13H11N2O.HI/c1-4-8-15(9-5-1)10-13-14-11-6-2-3-7-12(11)16-13;/h1-9H,10H2;1H/q+1;/p-1. The van der Waals surface area contributed by atoms with Crippen molar-refractivity contribution in [3.05, 3.63) is 60.7 Å². The lowest BCUT2D eigenvalue weighted by Crippen LogP contribution is -3.00. The van der Waals surface area contributed by atoms with Gasteiger partial charge in [-0.05, 0) is 12.1 Å². The smallest absolute Gasteiger partial charge is 0.262 e. The first kappa shape index (κ1) is 12.0. The average Bonchev–Trinajstić information content (AvgIpc) is 2.72. The minimum Gasteiger partial charge on any atom is -1.00 e. The maximum absolute atomic E-state index is 5.64. The molecule has 0 aliphatic rings. The topological polar surface area (TPSA) is 29.9 Å². The van der Waals surface area contributed by atoms with Crippen molar-refractivity contribution in [1.82, 2.24) is 4.98 Å². The first-order valence-corrected chi connectivity index (χ1v) is 5.20. The Kier molecular flexibility index (Phi) is 3.73. The fraction of sp³-hybridized carbons (Fsp3) is 0.0769. The first-order chi connectivity index (χ1) is 7.92. The third kappa shape index (κ3) is 2.63. The lowest BCUT2D eigenvalue weighted by molar-refractivity contribution is -0.690. The molecule has 0 unspecified atom stereocenters. The highest BCUT2D eigenvalue weighted by Crippen LogP contribution is 2.13. The number of aromatic nitrogens is 2. The fourth-order valence-corrected chi connectivity index (χ4v) is 1.68. The van der Waals surface area contributed by atoms with Gasteiger partial charge in [-0.3, -0.25) is 0 Å². The minimum atomic E-state index is 0. The first-order valence-electron chi connectivity index (χ1n) is 5.20. The second kappa shape index (κ2) is 5.27. The van der Waals surface area contributed by atoms with Gasteiger partial charge in [-0.25, -0.2) is 4.98 Å². The molecule has 0 N–H and O–H groups in total. The molecular formula is C13H11IN2O. The Morgan fingerprint density at radius 2 is 1.76 bits per heavy atom. The van der Waals surface area contributed by atoms with Gasteiger partial charge < -0.3 is 28.4 Å². The van der Waals surface area contributed by atoms with Crippen LogP contribution in [0.25, 0.3) is 11.1 Å². The van der Waals surface area contributed by atoms with Crippen LogP contribution in [0.4, 0.5) is 0 Å². The van der Waals surface area contributed by atoms with Crippen molar-refractivity contribution < 1.29 is 33.0 Å². The van der Waals surface area contributed by atoms with Crippen molar-refractivity contribution in [2.24, 2.45) is 0 Å². The van der Waals surface area contributed by atoms with Crippen LogP contribution in [0.3, 0.4) is 0 Å². The van der Waals surface area contributed by atoms with E-state index in [1.165, 1.54) is 0 Å². The molecule has 0 saturated heterocycles. The van der Waals surface area contributed by atoms with Gasteiger partial charge in [0.05, 0.1) is 0 Å². The van der Waals surface area contributed by atoms with Crippen LogP contribution in [0.15, 0.2) is 59.3 Å². The SMILES string of the molecule is [I-].c1cc[n+](Cc2nc3ccccc3o2)cc1. The molecule has 17 heavy (non-hydrogen) atoms. The van der Waals surface area contributed by atoms with E-state index in [4.69, 9.17) is 4.42 Å². The van der Waals surface area contributed by atoms with Gasteiger partial charge in [0.25, 0.3) is 5.89 Å². The summed E-state index contributed by atoms with van der Waals surface area (Å²) in [5.41, 5.74) is 1.75. The Hall–Kier alpha value is -1.43. The zero-order valence-electron chi connectivity index (χ0n) is 9.08. The van der Waals surface area contributed by atoms with Gasteiger partial charge in [0.1, 0.15) is 5.52 Å². The van der Waals surface area contributed by atoms with Crippen LogP contribution in [0.2, 0.25) is 0 Å². The second-order valence-electron chi connectivity index (χ2n) is 3.62. The lowest BCUT2D eigenvalue weighted by Gasteiger charge is -1.90. The summed E-state index contributed by atoms with van der Waals surface area (Å²) in [7, 11) is 0. The van der Waals surface area contributed by atoms with E-state index in [-0.39, 0.29) is 24.0 Å². The van der Waals surface area contributed by atoms with Crippen LogP contribution in [0, 0.1) is 0 Å². The van der Waals surface area contributed by atoms with Crippen molar-refractivity contribution >= 4 is 11.1 Å². The number of pyridine rings is 1. The number of fused-ring (bicyclic) bond motifs is 1. The number of nitrogens with zero attached hydrogens (tertiary/aromatic N) is 2. The molecule has 0 amide bonds. The maximum atomic E-state index is 5.64. The summed E-state index contributed by atoms with van der Waals surface area (Å²) in [5, 5.41) is 0. The minimum absolute atomic E-state index is 0. The van der Waals surface area contributed by atoms with E-state index in [1.54, 1.807) is 0 Å². The molecule has 1 aromatic carbocycles. The summed E-state index contributed by atoms with van der Waals surface area (Å²) in [6.07, 6.45) is 3.99. The molecule has 3 aromatic rings. The van der Waals surface area contributed by atoms with Gasteiger partial charge in [-0.1, -0.05) is 18.2 Å². The molecule has 0 saturated carbocycles. The molecule has 0 fully saturated rings. The van der Waals surface area contributed by atoms with Crippen LogP contribution in [-0.2, 0) is 6.54 Å². The van der Waals surface area contributed by atoms with Crippen molar-refractivity contribution in [2.75, 3.05) is 0 Å². The molecule has 4 heteroatoms. The molecule has 86 valence electrons. The van der Waals surface area contributed by atoms with Crippen LogP contribution in [0.5, 0.6) is 0 Å². The van der Waals surface area contributed by atoms with Crippen LogP contribution < -0.4 is 28.5 Å². The van der Waals surface area contributed by atoms with E-state index in [1.807, 2.05) is 59.4 Å². The normalized spacial score (nSPS) is 10.1. The summed E-state index contributed by atoms with van der Waals surface area (Å²) >= 11 is 0. The van der Waals surface area contributed by atoms with Gasteiger partial charge in [0.15, 0.2) is 18.0 Å². The number of hydrogen-bond acceptors (Lipinski definition) is 2. The molecule has 0 spiro atoms. The molecule has 0 radical (unpaired) electrons. The Morgan fingerprint density at radius 3 is 2.53 bits per heavy atom. The highest BCUT2D eigenvalue weighted by molar-refractivity contribution is 5.71. The zero-order valence-corrected chi connectivity index (χ0v) is 11.2. The molecule has 0 aliphatic heterocycles. The van der Waals surface area contributed by atoms with E-state index in [2.05, 4.69) is 4.98 Å². The van der Waals surface area contributed by atoms with E-state index in [9.17, 15) is 0 Å². The van der Waals surface area contributed by atoms with Gasteiger partial charge in [-0.15, -0.1) is 0 Å². The number of para-hydroxylation sites is 2. The molecule has 0 aliphatic carbocycles. The van der Waals surface area contributed by atoms with Crippen LogP contribution >= 0.6 is 0 Å². The van der Waals surface area contributed by atoms with Gasteiger partial charge >= 0.3 is 0 Å². The van der Waals surface area contributed by atoms with Crippen molar-refractivity contribution in [3.8, 4) is 0 Å². The Balaban J connectivity index is 0.00000108. The number of rotatable bonds is 2. The summed E-state index contributed by atoms with van der Waals surface area (Å²) in [4.78, 5) is 4.42. The number of benzene rings is 1. The highest BCUT2D eigenvalue weighted by Gasteiger charge is 2.09. The fourth-order valence-electron chi connectivity index (χ4n) is 1.68. The van der Waals surface area contributed by atoms with E-state index < -0.39 is 0 Å². The summed E-state index contributed by atoms with van der Waals surface area (Å²) in [6, 6.07) is 13.8. The molecule has 3 nitrogen and oxygen atoms in total. The quantitative estimate of drug-likeness (QED) is 0.451. The highest BCUT2D eigenvalue weighted by atomic mass is 127. The average molecular weight is 338 g/mol. The molecule has 2 heterocycles. The molecule has 0 atom stereocenters. The Bertz CT molecular complexity index is 574.